The van der Waals surface area contributed by atoms with Gasteiger partial charge in [0.15, 0.2) is 0 Å². The predicted molar refractivity (Wildman–Crippen MR) is 91.3 cm³/mol. The van der Waals surface area contributed by atoms with Crippen molar-refractivity contribution in [3.8, 4) is 0 Å². The second kappa shape index (κ2) is 6.90. The lowest BCUT2D eigenvalue weighted by atomic mass is 9.97. The first kappa shape index (κ1) is 15.0. The van der Waals surface area contributed by atoms with E-state index in [2.05, 4.69) is 70.6 Å². The van der Waals surface area contributed by atoms with Crippen LogP contribution in [-0.4, -0.2) is 50.2 Å². The molecule has 22 heavy (non-hydrogen) atoms. The molecule has 0 aliphatic carbocycles. The Morgan fingerprint density at radius 1 is 0.955 bits per heavy atom. The molecular formula is C18H24N4. The zero-order chi connectivity index (χ0) is 15.4. The molecule has 4 nitrogen and oxygen atoms in total. The van der Waals surface area contributed by atoms with Crippen LogP contribution in [-0.2, 0) is 0 Å². The van der Waals surface area contributed by atoms with Crippen molar-refractivity contribution in [3.63, 3.8) is 0 Å². The zero-order valence-corrected chi connectivity index (χ0v) is 13.4. The van der Waals surface area contributed by atoms with Gasteiger partial charge < -0.3 is 10.2 Å². The predicted octanol–water partition coefficient (Wildman–Crippen LogP) is 2.14. The molecular weight excluding hydrogens is 272 g/mol. The minimum absolute atomic E-state index is 0.307. The van der Waals surface area contributed by atoms with Crippen LogP contribution in [0.5, 0.6) is 0 Å². The quantitative estimate of drug-likeness (QED) is 0.937. The summed E-state index contributed by atoms with van der Waals surface area (Å²) in [6.07, 6.45) is 3.78. The van der Waals surface area contributed by atoms with Crippen LogP contribution in [0.4, 0.5) is 5.69 Å². The highest BCUT2D eigenvalue weighted by molar-refractivity contribution is 5.47. The van der Waals surface area contributed by atoms with E-state index in [4.69, 9.17) is 0 Å². The maximum atomic E-state index is 4.17. The van der Waals surface area contributed by atoms with Crippen molar-refractivity contribution in [2.75, 3.05) is 45.2 Å². The molecule has 0 saturated carbocycles. The van der Waals surface area contributed by atoms with E-state index >= 15 is 0 Å². The van der Waals surface area contributed by atoms with E-state index in [0.29, 0.717) is 6.04 Å². The van der Waals surface area contributed by atoms with E-state index in [1.807, 2.05) is 12.4 Å². The maximum absolute atomic E-state index is 4.17. The van der Waals surface area contributed by atoms with E-state index < -0.39 is 0 Å². The molecule has 2 aromatic rings. The molecule has 1 unspecified atom stereocenters. The molecule has 1 N–H and O–H groups in total. The van der Waals surface area contributed by atoms with E-state index in [-0.39, 0.29) is 0 Å². The van der Waals surface area contributed by atoms with Gasteiger partial charge in [-0.05, 0) is 35.4 Å². The van der Waals surface area contributed by atoms with Crippen molar-refractivity contribution >= 4 is 5.69 Å². The van der Waals surface area contributed by atoms with Gasteiger partial charge in [-0.2, -0.15) is 0 Å². The number of benzene rings is 1. The molecule has 1 fully saturated rings. The van der Waals surface area contributed by atoms with Crippen LogP contribution >= 0.6 is 0 Å². The highest BCUT2D eigenvalue weighted by Crippen LogP contribution is 2.29. The standard InChI is InChI=1S/C18H24N4/c1-21(2)17-5-3-15(4-6-17)18(16-7-9-19-10-8-16)22-13-11-20-12-14-22/h3-10,18,20H,11-14H2,1-2H3. The van der Waals surface area contributed by atoms with Crippen LogP contribution in [0.15, 0.2) is 48.8 Å². The second-order valence-electron chi connectivity index (χ2n) is 5.96. The van der Waals surface area contributed by atoms with Gasteiger partial charge in [-0.3, -0.25) is 9.88 Å². The van der Waals surface area contributed by atoms with Gasteiger partial charge in [0.25, 0.3) is 0 Å². The van der Waals surface area contributed by atoms with Gasteiger partial charge in [0.2, 0.25) is 0 Å². The van der Waals surface area contributed by atoms with Crippen LogP contribution in [0, 0.1) is 0 Å². The minimum Gasteiger partial charge on any atom is -0.378 e. The van der Waals surface area contributed by atoms with Crippen molar-refractivity contribution in [2.24, 2.45) is 0 Å². The fraction of sp³-hybridized carbons (Fsp3) is 0.389. The summed E-state index contributed by atoms with van der Waals surface area (Å²) >= 11 is 0. The third-order valence-electron chi connectivity index (χ3n) is 4.26. The van der Waals surface area contributed by atoms with E-state index in [1.54, 1.807) is 0 Å². The summed E-state index contributed by atoms with van der Waals surface area (Å²) in [5.41, 5.74) is 3.89. The third kappa shape index (κ3) is 3.29. The monoisotopic (exact) mass is 296 g/mol. The van der Waals surface area contributed by atoms with Crippen molar-refractivity contribution in [1.29, 1.82) is 0 Å². The number of piperazine rings is 1. The van der Waals surface area contributed by atoms with Gasteiger partial charge in [-0.15, -0.1) is 0 Å². The van der Waals surface area contributed by atoms with Gasteiger partial charge in [0.1, 0.15) is 0 Å². The molecule has 1 saturated heterocycles. The molecule has 1 aliphatic heterocycles. The Kier molecular flexibility index (Phi) is 4.71. The summed E-state index contributed by atoms with van der Waals surface area (Å²) in [6.45, 7) is 4.25. The highest BCUT2D eigenvalue weighted by atomic mass is 15.2. The average Bonchev–Trinajstić information content (AvgIpc) is 2.57. The number of pyridine rings is 1. The largest absolute Gasteiger partial charge is 0.378 e. The van der Waals surface area contributed by atoms with E-state index in [1.165, 1.54) is 16.8 Å². The molecule has 1 atom stereocenters. The maximum Gasteiger partial charge on any atom is 0.0603 e. The summed E-state index contributed by atoms with van der Waals surface area (Å²) in [5.74, 6) is 0. The molecule has 3 rings (SSSR count). The molecule has 0 amide bonds. The first-order chi connectivity index (χ1) is 10.8. The highest BCUT2D eigenvalue weighted by Gasteiger charge is 2.23. The van der Waals surface area contributed by atoms with Crippen LogP contribution in [0.1, 0.15) is 17.2 Å². The number of rotatable bonds is 4. The fourth-order valence-corrected chi connectivity index (χ4v) is 3.05. The van der Waals surface area contributed by atoms with Crippen molar-refractivity contribution < 1.29 is 0 Å². The number of hydrogen-bond acceptors (Lipinski definition) is 4. The molecule has 4 heteroatoms. The zero-order valence-electron chi connectivity index (χ0n) is 13.4. The Bertz CT molecular complexity index is 574. The summed E-state index contributed by atoms with van der Waals surface area (Å²) in [6, 6.07) is 13.5. The van der Waals surface area contributed by atoms with Gasteiger partial charge >= 0.3 is 0 Å². The topological polar surface area (TPSA) is 31.4 Å². The Balaban J connectivity index is 1.93. The van der Waals surface area contributed by atoms with Gasteiger partial charge in [-0.25, -0.2) is 0 Å². The molecule has 0 radical (unpaired) electrons. The molecule has 116 valence electrons. The fourth-order valence-electron chi connectivity index (χ4n) is 3.05. The lowest BCUT2D eigenvalue weighted by Gasteiger charge is -2.35. The van der Waals surface area contributed by atoms with E-state index in [9.17, 15) is 0 Å². The van der Waals surface area contributed by atoms with E-state index in [0.717, 1.165) is 26.2 Å². The van der Waals surface area contributed by atoms with Gasteiger partial charge in [-0.1, -0.05) is 12.1 Å². The van der Waals surface area contributed by atoms with Crippen molar-refractivity contribution in [3.05, 3.63) is 59.9 Å². The summed E-state index contributed by atoms with van der Waals surface area (Å²) in [4.78, 5) is 8.85. The number of hydrogen-bond donors (Lipinski definition) is 1. The third-order valence-corrected chi connectivity index (χ3v) is 4.26. The summed E-state index contributed by atoms with van der Waals surface area (Å²) < 4.78 is 0. The molecule has 1 aromatic heterocycles. The number of anilines is 1. The second-order valence-corrected chi connectivity index (χ2v) is 5.96. The Morgan fingerprint density at radius 3 is 2.14 bits per heavy atom. The molecule has 2 heterocycles. The van der Waals surface area contributed by atoms with Crippen LogP contribution < -0.4 is 10.2 Å². The first-order valence-corrected chi connectivity index (χ1v) is 7.87. The van der Waals surface area contributed by atoms with Crippen molar-refractivity contribution in [2.45, 2.75) is 6.04 Å². The number of nitrogens with zero attached hydrogens (tertiary/aromatic N) is 3. The number of nitrogens with one attached hydrogen (secondary N) is 1. The Labute approximate surface area is 132 Å². The SMILES string of the molecule is CN(C)c1ccc(C(c2ccncc2)N2CCNCC2)cc1. The number of aromatic nitrogens is 1. The lowest BCUT2D eigenvalue weighted by Crippen LogP contribution is -2.45. The molecule has 1 aliphatic rings. The summed E-state index contributed by atoms with van der Waals surface area (Å²) in [5, 5.41) is 3.44. The Morgan fingerprint density at radius 2 is 1.55 bits per heavy atom. The lowest BCUT2D eigenvalue weighted by molar-refractivity contribution is 0.198. The molecule has 0 spiro atoms. The normalized spacial score (nSPS) is 17.2. The first-order valence-electron chi connectivity index (χ1n) is 7.87. The minimum atomic E-state index is 0.307. The average molecular weight is 296 g/mol. The van der Waals surface area contributed by atoms with Crippen LogP contribution in [0.25, 0.3) is 0 Å². The van der Waals surface area contributed by atoms with Gasteiger partial charge in [0.05, 0.1) is 6.04 Å². The smallest absolute Gasteiger partial charge is 0.0603 e. The van der Waals surface area contributed by atoms with Crippen LogP contribution in [0.2, 0.25) is 0 Å². The van der Waals surface area contributed by atoms with Gasteiger partial charge in [0, 0.05) is 58.4 Å². The van der Waals surface area contributed by atoms with Crippen molar-refractivity contribution in [1.82, 2.24) is 15.2 Å². The summed E-state index contributed by atoms with van der Waals surface area (Å²) in [7, 11) is 4.15. The Hall–Kier alpha value is -1.91. The van der Waals surface area contributed by atoms with Crippen LogP contribution in [0.3, 0.4) is 0 Å². The molecule has 1 aromatic carbocycles. The molecule has 0 bridgehead atoms.